The second-order valence-corrected chi connectivity index (χ2v) is 10.2. The zero-order valence-corrected chi connectivity index (χ0v) is 20.0. The summed E-state index contributed by atoms with van der Waals surface area (Å²) < 4.78 is 13.5. The molecule has 2 aliphatic carbocycles. The highest BCUT2D eigenvalue weighted by atomic mass is 16.5. The molecule has 1 N–H and O–H groups in total. The molecule has 182 valence electrons. The number of carbonyl (C=O) groups excluding carboxylic acids is 1. The molecule has 1 unspecified atom stereocenters. The van der Waals surface area contributed by atoms with E-state index in [4.69, 9.17) is 9.47 Å². The summed E-state index contributed by atoms with van der Waals surface area (Å²) in [7, 11) is 0. The molecule has 9 heteroatoms. The van der Waals surface area contributed by atoms with Crippen molar-refractivity contribution in [2.45, 2.75) is 76.1 Å². The minimum atomic E-state index is -0.868. The van der Waals surface area contributed by atoms with Crippen molar-refractivity contribution in [3.63, 3.8) is 0 Å². The summed E-state index contributed by atoms with van der Waals surface area (Å²) in [6.45, 7) is 5.80. The average Bonchev–Trinajstić information content (AvgIpc) is 3.28. The summed E-state index contributed by atoms with van der Waals surface area (Å²) in [5, 5.41) is 4.41. The van der Waals surface area contributed by atoms with Crippen molar-refractivity contribution in [3.05, 3.63) is 52.2 Å². The molecule has 1 saturated heterocycles. The number of carbonyl (C=O) groups is 1. The molecule has 9 nitrogen and oxygen atoms in total. The molecule has 2 fully saturated rings. The Morgan fingerprint density at radius 1 is 1.26 bits per heavy atom. The van der Waals surface area contributed by atoms with Gasteiger partial charge in [-0.2, -0.15) is 9.50 Å². The Labute approximate surface area is 198 Å². The predicted octanol–water partition coefficient (Wildman–Crippen LogP) is 2.87. The van der Waals surface area contributed by atoms with Crippen LogP contribution in [0.2, 0.25) is 0 Å². The number of morpholine rings is 1. The Balaban J connectivity index is 1.36. The first-order valence-electron chi connectivity index (χ1n) is 12.2. The number of nitrogens with zero attached hydrogens (tertiary/aromatic N) is 4. The molecule has 34 heavy (non-hydrogen) atoms. The van der Waals surface area contributed by atoms with E-state index in [9.17, 15) is 9.59 Å². The van der Waals surface area contributed by atoms with Gasteiger partial charge in [0, 0.05) is 30.8 Å². The molecular formula is C25H33N5O4. The highest BCUT2D eigenvalue weighted by Gasteiger charge is 2.45. The van der Waals surface area contributed by atoms with Gasteiger partial charge in [0.25, 0.3) is 11.5 Å². The highest BCUT2D eigenvalue weighted by molar-refractivity contribution is 5.85. The third kappa shape index (κ3) is 4.59. The van der Waals surface area contributed by atoms with E-state index in [1.54, 1.807) is 0 Å². The van der Waals surface area contributed by atoms with Gasteiger partial charge in [-0.25, -0.2) is 0 Å². The number of aromatic amines is 1. The van der Waals surface area contributed by atoms with Crippen molar-refractivity contribution in [2.75, 3.05) is 19.7 Å². The van der Waals surface area contributed by atoms with E-state index in [1.165, 1.54) is 10.6 Å². The lowest BCUT2D eigenvalue weighted by molar-refractivity contribution is -0.177. The van der Waals surface area contributed by atoms with E-state index in [0.717, 1.165) is 25.7 Å². The minimum absolute atomic E-state index is 0.0360. The van der Waals surface area contributed by atoms with Crippen molar-refractivity contribution in [1.29, 1.82) is 0 Å². The third-order valence-electron chi connectivity index (χ3n) is 6.98. The van der Waals surface area contributed by atoms with Crippen LogP contribution >= 0.6 is 0 Å². The zero-order valence-electron chi connectivity index (χ0n) is 20.0. The van der Waals surface area contributed by atoms with Crippen LogP contribution in [-0.2, 0) is 20.9 Å². The Bertz CT molecular complexity index is 1170. The highest BCUT2D eigenvalue weighted by Crippen LogP contribution is 2.35. The van der Waals surface area contributed by atoms with E-state index in [-0.39, 0.29) is 29.6 Å². The maximum Gasteiger partial charge on any atom is 0.275 e. The van der Waals surface area contributed by atoms with Gasteiger partial charge in [0.2, 0.25) is 5.78 Å². The Morgan fingerprint density at radius 2 is 2.09 bits per heavy atom. The van der Waals surface area contributed by atoms with Crippen LogP contribution in [0.15, 0.2) is 35.2 Å². The van der Waals surface area contributed by atoms with Crippen LogP contribution < -0.4 is 5.56 Å². The number of ether oxygens (including phenoxy) is 2. The minimum Gasteiger partial charge on any atom is -0.372 e. The molecule has 1 atom stereocenters. The fraction of sp³-hybridized carbons (Fsp3) is 0.600. The standard InChI is InChI=1S/C25H33N5O4/c1-24(2)17-29(13-14-33-24)22(32)25(11-7-4-8-12-25)34-16-19-15-20(31)30-23(26-19)27-21(28-30)18-9-5-3-6-10-18/h3,5-6,9,15,18H,4,7-8,10-14,16-17H2,1-2H3,(H,26,27,28). The summed E-state index contributed by atoms with van der Waals surface area (Å²) in [6, 6.07) is 1.49. The van der Waals surface area contributed by atoms with Crippen molar-refractivity contribution in [3.8, 4) is 0 Å². The van der Waals surface area contributed by atoms with E-state index in [0.29, 0.717) is 49.8 Å². The van der Waals surface area contributed by atoms with Gasteiger partial charge in [0.05, 0.1) is 18.8 Å². The number of amides is 1. The molecule has 1 aliphatic heterocycles. The normalized spacial score (nSPS) is 23.9. The Kier molecular flexibility index (Phi) is 6.16. The molecule has 0 radical (unpaired) electrons. The quantitative estimate of drug-likeness (QED) is 0.726. The lowest BCUT2D eigenvalue weighted by atomic mass is 9.83. The fourth-order valence-corrected chi connectivity index (χ4v) is 5.20. The van der Waals surface area contributed by atoms with E-state index >= 15 is 0 Å². The molecule has 1 amide bonds. The van der Waals surface area contributed by atoms with Crippen LogP contribution in [0, 0.1) is 0 Å². The van der Waals surface area contributed by atoms with Crippen LogP contribution in [0.4, 0.5) is 0 Å². The number of aromatic nitrogens is 4. The first-order chi connectivity index (χ1) is 16.4. The van der Waals surface area contributed by atoms with E-state index in [1.807, 2.05) is 37.0 Å². The Morgan fingerprint density at radius 3 is 2.82 bits per heavy atom. The van der Waals surface area contributed by atoms with Gasteiger partial charge in [-0.15, -0.1) is 5.10 Å². The maximum atomic E-state index is 13.7. The SMILES string of the molecule is CC1(C)CN(C(=O)C2(OCc3cc(=O)n4nc(C5C=CC=CC5)nc4[nH]3)CCCCC2)CCO1. The molecule has 3 heterocycles. The van der Waals surface area contributed by atoms with Crippen LogP contribution in [0.5, 0.6) is 0 Å². The molecule has 2 aromatic heterocycles. The van der Waals surface area contributed by atoms with E-state index < -0.39 is 5.60 Å². The first kappa shape index (κ1) is 23.0. The summed E-state index contributed by atoms with van der Waals surface area (Å²) in [6.07, 6.45) is 13.2. The number of H-pyrrole nitrogens is 1. The maximum absolute atomic E-state index is 13.7. The van der Waals surface area contributed by atoms with Crippen LogP contribution in [0.1, 0.15) is 69.8 Å². The monoisotopic (exact) mass is 467 g/mol. The number of hydrogen-bond acceptors (Lipinski definition) is 6. The molecule has 0 spiro atoms. The van der Waals surface area contributed by atoms with Gasteiger partial charge >= 0.3 is 0 Å². The third-order valence-corrected chi connectivity index (χ3v) is 6.98. The number of rotatable bonds is 5. The molecule has 5 rings (SSSR count). The summed E-state index contributed by atoms with van der Waals surface area (Å²) in [5.41, 5.74) is -0.905. The summed E-state index contributed by atoms with van der Waals surface area (Å²) >= 11 is 0. The molecule has 1 saturated carbocycles. The molecule has 0 bridgehead atoms. The van der Waals surface area contributed by atoms with Crippen molar-refractivity contribution in [2.24, 2.45) is 0 Å². The molecule has 3 aliphatic rings. The van der Waals surface area contributed by atoms with Crippen molar-refractivity contribution >= 4 is 11.7 Å². The zero-order chi connectivity index (χ0) is 23.8. The average molecular weight is 468 g/mol. The van der Waals surface area contributed by atoms with E-state index in [2.05, 4.69) is 21.1 Å². The number of hydrogen-bond donors (Lipinski definition) is 1. The summed E-state index contributed by atoms with van der Waals surface area (Å²) in [4.78, 5) is 36.1. The summed E-state index contributed by atoms with van der Waals surface area (Å²) in [5.74, 6) is 1.09. The predicted molar refractivity (Wildman–Crippen MR) is 126 cm³/mol. The lowest BCUT2D eigenvalue weighted by Gasteiger charge is -2.44. The van der Waals surface area contributed by atoms with Crippen LogP contribution in [0.25, 0.3) is 5.78 Å². The lowest BCUT2D eigenvalue weighted by Crippen LogP contribution is -2.58. The fourth-order valence-electron chi connectivity index (χ4n) is 5.20. The second kappa shape index (κ2) is 9.11. The smallest absolute Gasteiger partial charge is 0.275 e. The topological polar surface area (TPSA) is 102 Å². The van der Waals surface area contributed by atoms with Gasteiger partial charge in [0.15, 0.2) is 5.82 Å². The number of nitrogens with one attached hydrogen (secondary N) is 1. The van der Waals surface area contributed by atoms with Gasteiger partial charge in [0.1, 0.15) is 5.60 Å². The molecular weight excluding hydrogens is 434 g/mol. The van der Waals surface area contributed by atoms with Crippen LogP contribution in [-0.4, -0.2) is 61.3 Å². The van der Waals surface area contributed by atoms with Gasteiger partial charge in [-0.3, -0.25) is 9.59 Å². The first-order valence-corrected chi connectivity index (χ1v) is 12.2. The number of fused-ring (bicyclic) bond motifs is 1. The van der Waals surface area contributed by atoms with Crippen LogP contribution in [0.3, 0.4) is 0 Å². The van der Waals surface area contributed by atoms with Gasteiger partial charge in [-0.05, 0) is 33.1 Å². The largest absolute Gasteiger partial charge is 0.372 e. The van der Waals surface area contributed by atoms with Gasteiger partial charge in [-0.1, -0.05) is 43.6 Å². The van der Waals surface area contributed by atoms with Crippen molar-refractivity contribution in [1.82, 2.24) is 24.5 Å². The molecule has 2 aromatic rings. The second-order valence-electron chi connectivity index (χ2n) is 10.2. The molecule has 0 aromatic carbocycles. The van der Waals surface area contributed by atoms with Gasteiger partial charge < -0.3 is 19.4 Å². The number of allylic oxidation sites excluding steroid dienone is 4. The Hall–Kier alpha value is -2.78. The van der Waals surface area contributed by atoms with Crippen molar-refractivity contribution < 1.29 is 14.3 Å².